The van der Waals surface area contributed by atoms with E-state index in [2.05, 4.69) is 70.5 Å². The van der Waals surface area contributed by atoms with Gasteiger partial charge in [0.2, 0.25) is 0 Å². The second-order valence-electron chi connectivity index (χ2n) is 19.5. The van der Waals surface area contributed by atoms with Crippen LogP contribution in [-0.2, 0) is 14.6 Å². The Morgan fingerprint density at radius 2 is 1.68 bits per heavy atom. The fourth-order valence-electron chi connectivity index (χ4n) is 14.5. The van der Waals surface area contributed by atoms with Gasteiger partial charge in [0.25, 0.3) is 0 Å². The molecular weight excluding hydrogens is 645 g/mol. The summed E-state index contributed by atoms with van der Waals surface area (Å²) < 4.78 is 24.1. The smallest absolute Gasteiger partial charge is 0.307 e. The number of fused-ring (bicyclic) bond motifs is 7. The SMILES string of the molecule is C=C(C)C1CCC2(NCCN3CCS(=O)(=O)CC3)CCC3(C)C(CCC4C5(C)CC=C(C6=CC(CO)C(C(=O)O)C6)C(C)(C)C5CCC43C)C12. The van der Waals surface area contributed by atoms with E-state index < -0.39 is 21.7 Å². The molecule has 0 amide bonds. The molecule has 11 atom stereocenters. The minimum absolute atomic E-state index is 0.0496. The molecule has 0 aromatic carbocycles. The Bertz CT molecular complexity index is 1550. The van der Waals surface area contributed by atoms with Gasteiger partial charge in [0.1, 0.15) is 0 Å². The predicted molar refractivity (Wildman–Crippen MR) is 200 cm³/mol. The van der Waals surface area contributed by atoms with E-state index in [4.69, 9.17) is 0 Å². The van der Waals surface area contributed by atoms with Crippen molar-refractivity contribution in [1.82, 2.24) is 10.2 Å². The number of hydrogen-bond acceptors (Lipinski definition) is 6. The van der Waals surface area contributed by atoms with Crippen molar-refractivity contribution in [1.29, 1.82) is 0 Å². The summed E-state index contributed by atoms with van der Waals surface area (Å²) in [7, 11) is -2.87. The Morgan fingerprint density at radius 3 is 2.32 bits per heavy atom. The van der Waals surface area contributed by atoms with Crippen molar-refractivity contribution in [3.63, 3.8) is 0 Å². The van der Waals surface area contributed by atoms with Gasteiger partial charge >= 0.3 is 5.97 Å². The van der Waals surface area contributed by atoms with Gasteiger partial charge in [-0.15, -0.1) is 0 Å². The molecule has 280 valence electrons. The lowest BCUT2D eigenvalue weighted by molar-refractivity contribution is -0.221. The van der Waals surface area contributed by atoms with Gasteiger partial charge in [-0.3, -0.25) is 4.79 Å². The van der Waals surface area contributed by atoms with Crippen LogP contribution in [-0.4, -0.2) is 79.3 Å². The molecule has 7 nitrogen and oxygen atoms in total. The Kier molecular flexibility index (Phi) is 9.25. The topological polar surface area (TPSA) is 107 Å². The lowest BCUT2D eigenvalue weighted by Crippen LogP contribution is -2.68. The van der Waals surface area contributed by atoms with Crippen molar-refractivity contribution in [2.24, 2.45) is 63.1 Å². The van der Waals surface area contributed by atoms with Gasteiger partial charge < -0.3 is 20.4 Å². The maximum atomic E-state index is 12.1. The molecule has 1 saturated heterocycles. The molecular formula is C42H66N2O5S. The molecule has 6 aliphatic carbocycles. The molecule has 50 heavy (non-hydrogen) atoms. The van der Waals surface area contributed by atoms with Gasteiger partial charge in [-0.2, -0.15) is 0 Å². The third-order valence-electron chi connectivity index (χ3n) is 17.2. The van der Waals surface area contributed by atoms with Gasteiger partial charge in [0.05, 0.1) is 24.0 Å². The molecule has 4 saturated carbocycles. The van der Waals surface area contributed by atoms with Crippen molar-refractivity contribution >= 4 is 15.8 Å². The monoisotopic (exact) mass is 710 g/mol. The third kappa shape index (κ3) is 5.49. The number of carboxylic acids is 1. The first-order valence-corrected chi connectivity index (χ1v) is 21.8. The molecule has 0 radical (unpaired) electrons. The number of sulfone groups is 1. The van der Waals surface area contributed by atoms with E-state index in [1.54, 1.807) is 0 Å². The largest absolute Gasteiger partial charge is 0.481 e. The number of aliphatic hydroxyl groups is 1. The van der Waals surface area contributed by atoms with Gasteiger partial charge in [-0.05, 0) is 134 Å². The maximum Gasteiger partial charge on any atom is 0.307 e. The minimum atomic E-state index is -2.87. The van der Waals surface area contributed by atoms with E-state index in [-0.39, 0.29) is 39.7 Å². The molecule has 3 N–H and O–H groups in total. The van der Waals surface area contributed by atoms with Crippen molar-refractivity contribution in [3.05, 3.63) is 35.5 Å². The lowest BCUT2D eigenvalue weighted by atomic mass is 9.33. The number of aliphatic carboxylic acids is 1. The van der Waals surface area contributed by atoms with Crippen LogP contribution in [0.25, 0.3) is 0 Å². The standard InChI is InChI=1S/C42H66N2O5S/c1-27(2)30-10-15-42(43-18-19-44-20-22-50(48,49)23-21-44)17-16-40(6)33(36(30)42)8-9-35-39(5)13-11-32(28-24-29(26-45)31(25-28)37(46)47)38(3,4)34(39)12-14-41(35,40)7/h11,24,29-31,33-36,43,45H,1,8-10,12-23,25-26H2,2-7H3,(H,46,47). The summed E-state index contributed by atoms with van der Waals surface area (Å²) in [6.45, 7) is 22.8. The van der Waals surface area contributed by atoms with E-state index in [1.807, 2.05) is 0 Å². The van der Waals surface area contributed by atoms with Crippen LogP contribution in [0.5, 0.6) is 0 Å². The molecule has 0 aromatic heterocycles. The quantitative estimate of drug-likeness (QED) is 0.236. The second kappa shape index (κ2) is 12.6. The first kappa shape index (κ1) is 36.9. The minimum Gasteiger partial charge on any atom is -0.481 e. The number of aliphatic hydroxyl groups excluding tert-OH is 1. The predicted octanol–water partition coefficient (Wildman–Crippen LogP) is 6.89. The molecule has 5 fully saturated rings. The van der Waals surface area contributed by atoms with E-state index >= 15 is 0 Å². The molecule has 1 aliphatic heterocycles. The molecule has 0 spiro atoms. The Labute approximate surface area is 302 Å². The zero-order valence-electron chi connectivity index (χ0n) is 31.9. The first-order valence-electron chi connectivity index (χ1n) is 20.0. The summed E-state index contributed by atoms with van der Waals surface area (Å²) in [4.78, 5) is 14.4. The maximum absolute atomic E-state index is 12.1. The number of hydrogen-bond donors (Lipinski definition) is 3. The van der Waals surface area contributed by atoms with Crippen LogP contribution in [0.2, 0.25) is 0 Å². The highest BCUT2D eigenvalue weighted by Gasteiger charge is 2.70. The van der Waals surface area contributed by atoms with Crippen molar-refractivity contribution in [3.8, 4) is 0 Å². The highest BCUT2D eigenvalue weighted by Crippen LogP contribution is 2.76. The number of nitrogens with zero attached hydrogens (tertiary/aromatic N) is 1. The van der Waals surface area contributed by atoms with E-state index in [1.165, 1.54) is 68.1 Å². The summed E-state index contributed by atoms with van der Waals surface area (Å²) in [5, 5.41) is 24.1. The normalized spacial score (nSPS) is 46.5. The molecule has 7 rings (SSSR count). The van der Waals surface area contributed by atoms with Gasteiger partial charge in [-0.1, -0.05) is 58.9 Å². The van der Waals surface area contributed by atoms with E-state index in [0.717, 1.165) is 19.5 Å². The zero-order valence-corrected chi connectivity index (χ0v) is 32.7. The molecule has 1 heterocycles. The van der Waals surface area contributed by atoms with Crippen molar-refractivity contribution < 1.29 is 23.4 Å². The summed E-state index contributed by atoms with van der Waals surface area (Å²) in [6.07, 6.45) is 16.1. The van der Waals surface area contributed by atoms with Gasteiger partial charge in [-0.25, -0.2) is 8.42 Å². The van der Waals surface area contributed by atoms with Crippen LogP contribution in [0.15, 0.2) is 35.5 Å². The molecule has 11 unspecified atom stereocenters. The second-order valence-corrected chi connectivity index (χ2v) is 21.8. The number of allylic oxidation sites excluding steroid dienone is 4. The first-order chi connectivity index (χ1) is 23.4. The third-order valence-corrected chi connectivity index (χ3v) is 18.8. The van der Waals surface area contributed by atoms with Crippen LogP contribution in [0.4, 0.5) is 0 Å². The van der Waals surface area contributed by atoms with E-state index in [9.17, 15) is 23.4 Å². The van der Waals surface area contributed by atoms with Crippen LogP contribution in [0.1, 0.15) is 106 Å². The van der Waals surface area contributed by atoms with Crippen LogP contribution >= 0.6 is 0 Å². The van der Waals surface area contributed by atoms with Crippen molar-refractivity contribution in [2.45, 2.75) is 111 Å². The number of carbonyl (C=O) groups is 1. The number of rotatable bonds is 8. The average Bonchev–Trinajstić information content (AvgIpc) is 3.65. The lowest BCUT2D eigenvalue weighted by Gasteiger charge is -2.72. The van der Waals surface area contributed by atoms with E-state index in [0.29, 0.717) is 60.6 Å². The van der Waals surface area contributed by atoms with Crippen LogP contribution in [0.3, 0.4) is 0 Å². The molecule has 7 aliphatic rings. The highest BCUT2D eigenvalue weighted by atomic mass is 32.2. The fourth-order valence-corrected chi connectivity index (χ4v) is 15.8. The van der Waals surface area contributed by atoms with Crippen molar-refractivity contribution in [2.75, 3.05) is 44.3 Å². The zero-order chi connectivity index (χ0) is 36.1. The van der Waals surface area contributed by atoms with Gasteiger partial charge in [0.15, 0.2) is 9.84 Å². The summed E-state index contributed by atoms with van der Waals surface area (Å²) in [5.41, 5.74) is 4.65. The number of nitrogens with one attached hydrogen (secondary N) is 1. The Balaban J connectivity index is 1.14. The average molecular weight is 711 g/mol. The Hall–Kier alpha value is -1.48. The molecule has 0 aromatic rings. The van der Waals surface area contributed by atoms with Crippen LogP contribution in [0, 0.1) is 63.1 Å². The summed E-state index contributed by atoms with van der Waals surface area (Å²) >= 11 is 0. The van der Waals surface area contributed by atoms with Gasteiger partial charge in [0, 0.05) is 37.6 Å². The summed E-state index contributed by atoms with van der Waals surface area (Å²) in [5.74, 6) is 1.94. The molecule has 8 heteroatoms. The summed E-state index contributed by atoms with van der Waals surface area (Å²) in [6, 6.07) is 0. The fraction of sp³-hybridized carbons (Fsp3) is 0.833. The van der Waals surface area contributed by atoms with Crippen LogP contribution < -0.4 is 5.32 Å². The Morgan fingerprint density at radius 1 is 0.960 bits per heavy atom. The number of carboxylic acid groups (broad SMARTS) is 1. The molecule has 0 bridgehead atoms. The highest BCUT2D eigenvalue weighted by molar-refractivity contribution is 7.91.